The van der Waals surface area contributed by atoms with Gasteiger partial charge in [-0.2, -0.15) is 0 Å². The van der Waals surface area contributed by atoms with Crippen LogP contribution in [0.2, 0.25) is 0 Å². The van der Waals surface area contributed by atoms with E-state index < -0.39 is 5.97 Å². The number of hydrogen-bond acceptors (Lipinski definition) is 3. The molecule has 1 heterocycles. The second kappa shape index (κ2) is 8.70. The monoisotopic (exact) mass is 356 g/mol. The number of nitrogens with one attached hydrogen (secondary N) is 1. The molecule has 0 aliphatic rings. The molecule has 0 spiro atoms. The van der Waals surface area contributed by atoms with Crippen LogP contribution in [0.4, 0.5) is 0 Å². The molecule has 0 fully saturated rings. The summed E-state index contributed by atoms with van der Waals surface area (Å²) in [5.41, 5.74) is 2.73. The van der Waals surface area contributed by atoms with Crippen LogP contribution in [0.25, 0.3) is 0 Å². The number of hydrogen-bond donors (Lipinski definition) is 1. The largest absolute Gasteiger partial charge is 0.451 e. The quantitative estimate of drug-likeness (QED) is 0.767. The van der Waals surface area contributed by atoms with Gasteiger partial charge in [-0.05, 0) is 35.1 Å². The second-order valence-electron chi connectivity index (χ2n) is 7.19. The molecule has 0 unspecified atom stereocenters. The summed E-state index contributed by atoms with van der Waals surface area (Å²) >= 11 is 0. The molecule has 2 aromatic rings. The van der Waals surface area contributed by atoms with Crippen LogP contribution in [0.1, 0.15) is 61.3 Å². The summed E-state index contributed by atoms with van der Waals surface area (Å²) in [7, 11) is 1.76. The van der Waals surface area contributed by atoms with Crippen molar-refractivity contribution in [3.05, 3.63) is 59.4 Å². The first-order valence-electron chi connectivity index (χ1n) is 8.97. The van der Waals surface area contributed by atoms with Crippen molar-refractivity contribution in [3.63, 3.8) is 0 Å². The van der Waals surface area contributed by atoms with Crippen molar-refractivity contribution in [2.45, 2.75) is 39.7 Å². The van der Waals surface area contributed by atoms with Crippen LogP contribution in [0.15, 0.2) is 42.6 Å². The zero-order valence-electron chi connectivity index (χ0n) is 16.2. The molecule has 5 heteroatoms. The van der Waals surface area contributed by atoms with Crippen LogP contribution in [-0.4, -0.2) is 23.1 Å². The van der Waals surface area contributed by atoms with E-state index in [2.05, 4.69) is 57.3 Å². The SMILES string of the molecule is CC(C)c1ccc([C@H](NC(=O)COC(=O)c2cccn2C)C(C)C)cc1. The minimum Gasteiger partial charge on any atom is -0.451 e. The molecule has 0 saturated heterocycles. The summed E-state index contributed by atoms with van der Waals surface area (Å²) in [6.07, 6.45) is 1.76. The Bertz CT molecular complexity index is 745. The first-order chi connectivity index (χ1) is 12.3. The fraction of sp³-hybridized carbons (Fsp3) is 0.429. The van der Waals surface area contributed by atoms with Crippen LogP contribution in [0.3, 0.4) is 0 Å². The Morgan fingerprint density at radius 1 is 1.04 bits per heavy atom. The molecule has 1 N–H and O–H groups in total. The normalized spacial score (nSPS) is 12.3. The van der Waals surface area contributed by atoms with E-state index in [1.807, 2.05) is 0 Å². The smallest absolute Gasteiger partial charge is 0.355 e. The van der Waals surface area contributed by atoms with E-state index in [0.717, 1.165) is 5.56 Å². The van der Waals surface area contributed by atoms with Crippen LogP contribution in [0, 0.1) is 5.92 Å². The summed E-state index contributed by atoms with van der Waals surface area (Å²) in [6, 6.07) is 11.6. The predicted octanol–water partition coefficient (Wildman–Crippen LogP) is 3.82. The molecular formula is C21H28N2O3. The highest BCUT2D eigenvalue weighted by Gasteiger charge is 2.20. The van der Waals surface area contributed by atoms with Gasteiger partial charge in [0, 0.05) is 13.2 Å². The maximum Gasteiger partial charge on any atom is 0.355 e. The van der Waals surface area contributed by atoms with Gasteiger partial charge in [0.1, 0.15) is 5.69 Å². The highest BCUT2D eigenvalue weighted by Crippen LogP contribution is 2.24. The Balaban J connectivity index is 1.97. The minimum absolute atomic E-state index is 0.127. The molecule has 0 saturated carbocycles. The van der Waals surface area contributed by atoms with Crippen molar-refractivity contribution in [2.75, 3.05) is 6.61 Å². The maximum absolute atomic E-state index is 12.3. The second-order valence-corrected chi connectivity index (χ2v) is 7.19. The van der Waals surface area contributed by atoms with Crippen LogP contribution < -0.4 is 5.32 Å². The molecular weight excluding hydrogens is 328 g/mol. The van der Waals surface area contributed by atoms with Gasteiger partial charge in [-0.15, -0.1) is 0 Å². The van der Waals surface area contributed by atoms with E-state index in [1.54, 1.807) is 29.9 Å². The molecule has 2 rings (SSSR count). The van der Waals surface area contributed by atoms with Crippen LogP contribution >= 0.6 is 0 Å². The van der Waals surface area contributed by atoms with Gasteiger partial charge in [0.15, 0.2) is 6.61 Å². The molecule has 0 bridgehead atoms. The third-order valence-corrected chi connectivity index (χ3v) is 4.43. The summed E-state index contributed by atoms with van der Waals surface area (Å²) < 4.78 is 6.78. The van der Waals surface area contributed by atoms with Crippen LogP contribution in [-0.2, 0) is 16.6 Å². The molecule has 0 radical (unpaired) electrons. The number of benzene rings is 1. The number of carbonyl (C=O) groups excluding carboxylic acids is 2. The molecule has 26 heavy (non-hydrogen) atoms. The topological polar surface area (TPSA) is 60.3 Å². The Kier molecular flexibility index (Phi) is 6.61. The molecule has 5 nitrogen and oxygen atoms in total. The van der Waals surface area contributed by atoms with Crippen molar-refractivity contribution >= 4 is 11.9 Å². The highest BCUT2D eigenvalue weighted by atomic mass is 16.5. The fourth-order valence-electron chi connectivity index (χ4n) is 2.82. The summed E-state index contributed by atoms with van der Waals surface area (Å²) in [4.78, 5) is 24.3. The van der Waals surface area contributed by atoms with Crippen molar-refractivity contribution in [3.8, 4) is 0 Å². The molecule has 1 aromatic heterocycles. The van der Waals surface area contributed by atoms with Gasteiger partial charge >= 0.3 is 5.97 Å². The van der Waals surface area contributed by atoms with Gasteiger partial charge < -0.3 is 14.6 Å². The zero-order valence-corrected chi connectivity index (χ0v) is 16.2. The highest BCUT2D eigenvalue weighted by molar-refractivity contribution is 5.90. The first-order valence-corrected chi connectivity index (χ1v) is 8.97. The zero-order chi connectivity index (χ0) is 19.3. The van der Waals surface area contributed by atoms with Crippen molar-refractivity contribution in [2.24, 2.45) is 13.0 Å². The van der Waals surface area contributed by atoms with Crippen molar-refractivity contribution in [1.29, 1.82) is 0 Å². The summed E-state index contributed by atoms with van der Waals surface area (Å²) in [6.45, 7) is 8.11. The third-order valence-electron chi connectivity index (χ3n) is 4.43. The van der Waals surface area contributed by atoms with Gasteiger partial charge in [0.25, 0.3) is 5.91 Å². The van der Waals surface area contributed by atoms with E-state index in [4.69, 9.17) is 4.74 Å². The third kappa shape index (κ3) is 4.97. The van der Waals surface area contributed by atoms with E-state index in [9.17, 15) is 9.59 Å². The molecule has 1 amide bonds. The number of aryl methyl sites for hydroxylation is 1. The number of esters is 1. The number of ether oxygens (including phenoxy) is 1. The lowest BCUT2D eigenvalue weighted by atomic mass is 9.93. The molecule has 1 aromatic carbocycles. The lowest BCUT2D eigenvalue weighted by molar-refractivity contribution is -0.125. The van der Waals surface area contributed by atoms with Gasteiger partial charge in [-0.3, -0.25) is 4.79 Å². The van der Waals surface area contributed by atoms with E-state index in [0.29, 0.717) is 11.6 Å². The Morgan fingerprint density at radius 2 is 1.65 bits per heavy atom. The summed E-state index contributed by atoms with van der Waals surface area (Å²) in [5.74, 6) is -0.130. The first kappa shape index (κ1) is 19.8. The number of rotatable bonds is 7. The maximum atomic E-state index is 12.3. The number of nitrogens with zero attached hydrogens (tertiary/aromatic N) is 1. The molecule has 1 atom stereocenters. The van der Waals surface area contributed by atoms with Gasteiger partial charge in [-0.1, -0.05) is 52.0 Å². The predicted molar refractivity (Wildman–Crippen MR) is 102 cm³/mol. The van der Waals surface area contributed by atoms with Gasteiger partial charge in [0.05, 0.1) is 6.04 Å². The summed E-state index contributed by atoms with van der Waals surface area (Å²) in [5, 5.41) is 2.97. The van der Waals surface area contributed by atoms with E-state index in [1.165, 1.54) is 5.56 Å². The Hall–Kier alpha value is -2.56. The van der Waals surface area contributed by atoms with Crippen molar-refractivity contribution < 1.29 is 14.3 Å². The molecule has 140 valence electrons. The minimum atomic E-state index is -0.505. The number of amides is 1. The van der Waals surface area contributed by atoms with E-state index >= 15 is 0 Å². The van der Waals surface area contributed by atoms with Gasteiger partial charge in [0.2, 0.25) is 0 Å². The van der Waals surface area contributed by atoms with Crippen LogP contribution in [0.5, 0.6) is 0 Å². The average molecular weight is 356 g/mol. The number of carbonyl (C=O) groups is 2. The Labute approximate surface area is 155 Å². The average Bonchev–Trinajstić information content (AvgIpc) is 3.03. The lowest BCUT2D eigenvalue weighted by Crippen LogP contribution is -2.35. The Morgan fingerprint density at radius 3 is 2.15 bits per heavy atom. The van der Waals surface area contributed by atoms with Crippen molar-refractivity contribution in [1.82, 2.24) is 9.88 Å². The number of aromatic nitrogens is 1. The standard InChI is InChI=1S/C21H28N2O3/c1-14(2)16-8-10-17(11-9-16)20(15(3)4)22-19(24)13-26-21(25)18-7-6-12-23(18)5/h6-12,14-15,20H,13H2,1-5H3,(H,22,24)/t20-/m1/s1. The molecule has 0 aliphatic heterocycles. The van der Waals surface area contributed by atoms with Gasteiger partial charge in [-0.25, -0.2) is 4.79 Å². The fourth-order valence-corrected chi connectivity index (χ4v) is 2.82. The van der Waals surface area contributed by atoms with E-state index in [-0.39, 0.29) is 24.5 Å². The molecule has 0 aliphatic carbocycles. The lowest BCUT2D eigenvalue weighted by Gasteiger charge is -2.23.